The van der Waals surface area contributed by atoms with Crippen LogP contribution >= 0.6 is 11.8 Å². The van der Waals surface area contributed by atoms with E-state index in [1.165, 1.54) is 28.9 Å². The van der Waals surface area contributed by atoms with Gasteiger partial charge in [-0.1, -0.05) is 128 Å². The van der Waals surface area contributed by atoms with Crippen molar-refractivity contribution in [3.8, 4) is 11.5 Å². The number of H-pyrrole nitrogens is 1. The first-order valence-corrected chi connectivity index (χ1v) is 26.5. The molecule has 5 aromatic carbocycles. The maximum atomic E-state index is 14.1. The molecule has 0 spiro atoms. The Kier molecular flexibility index (Phi) is 16.3. The highest BCUT2D eigenvalue weighted by Gasteiger charge is 2.48. The topological polar surface area (TPSA) is 224 Å². The van der Waals surface area contributed by atoms with E-state index in [4.69, 9.17) is 43.6 Å². The second-order valence-electron chi connectivity index (χ2n) is 18.9. The monoisotopic (exact) mass is 1080 g/mol. The molecular weight excluding hydrogens is 1020 g/mol. The standard InChI is InChI=1S/C58H59N7O12S/c1-36-31-63(57(69)65(52(36)67)35-72-32-38-18-9-5-10-19-38)46-30-44(76-54(68)39-20-11-6-12-21-39)55(77-46)78-29-28-73-48-37(2)53(64-34-60-47-50(64)61-56(59)62-51(47)66)75-45(48)33-74-58(40-22-13-7-14-23-40,41-24-15-8-16-25-41)42-26-17-27-43(70-3)49(42)71-4/h5-27,31,34,37,44-46,48,53,55H,28-30,32-33,35H2,1-4H3,(H3,59,61,62,66)/t37-,44?,45-,46?,48+,53-,55?/m1/s1. The van der Waals surface area contributed by atoms with Crippen molar-refractivity contribution in [3.05, 3.63) is 217 Å². The summed E-state index contributed by atoms with van der Waals surface area (Å²) >= 11 is 1.35. The lowest BCUT2D eigenvalue weighted by Crippen LogP contribution is -2.42. The molecule has 0 radical (unpaired) electrons. The number of carbonyl (C=O) groups excluding carboxylic acids is 1. The molecule has 3 unspecified atom stereocenters. The van der Waals surface area contributed by atoms with Gasteiger partial charge in [-0.2, -0.15) is 4.98 Å². The maximum Gasteiger partial charge on any atom is 0.338 e. The number of thioether (sulfide) groups is 1. The second kappa shape index (κ2) is 23.8. The first-order chi connectivity index (χ1) is 38.0. The molecule has 0 bridgehead atoms. The van der Waals surface area contributed by atoms with Gasteiger partial charge in [0.15, 0.2) is 22.7 Å². The van der Waals surface area contributed by atoms with E-state index in [0.717, 1.165) is 21.3 Å². The summed E-state index contributed by atoms with van der Waals surface area (Å²) in [6.07, 6.45) is -0.784. The number of para-hydroxylation sites is 1. The zero-order chi connectivity index (χ0) is 54.3. The predicted molar refractivity (Wildman–Crippen MR) is 291 cm³/mol. The Balaban J connectivity index is 0.937. The Morgan fingerprint density at radius 2 is 1.53 bits per heavy atom. The van der Waals surface area contributed by atoms with Gasteiger partial charge in [0.2, 0.25) is 5.95 Å². The van der Waals surface area contributed by atoms with Crippen LogP contribution in [0, 0.1) is 12.8 Å². The highest BCUT2D eigenvalue weighted by Crippen LogP contribution is 2.49. The summed E-state index contributed by atoms with van der Waals surface area (Å²) in [6.45, 7) is 3.63. The molecule has 19 nitrogen and oxygen atoms in total. The molecule has 5 heterocycles. The van der Waals surface area contributed by atoms with Gasteiger partial charge in [0.25, 0.3) is 11.1 Å². The zero-order valence-electron chi connectivity index (χ0n) is 43.3. The van der Waals surface area contributed by atoms with Crippen molar-refractivity contribution in [2.45, 2.75) is 75.4 Å². The summed E-state index contributed by atoms with van der Waals surface area (Å²) in [7, 11) is 3.18. The third-order valence-corrected chi connectivity index (χ3v) is 15.1. The molecule has 0 saturated carbocycles. The first-order valence-electron chi connectivity index (χ1n) is 25.4. The summed E-state index contributed by atoms with van der Waals surface area (Å²) in [5.41, 5.74) is 6.56. The molecule has 8 aromatic rings. The minimum absolute atomic E-state index is 0.0237. The number of anilines is 1. The quantitative estimate of drug-likeness (QED) is 0.0407. The number of aromatic amines is 1. The van der Waals surface area contributed by atoms with E-state index in [2.05, 4.69) is 15.0 Å². The van der Waals surface area contributed by atoms with Crippen LogP contribution in [0.15, 0.2) is 166 Å². The normalized spacial score (nSPS) is 20.2. The number of nitrogens with two attached hydrogens (primary N) is 1. The number of esters is 1. The average molecular weight is 1080 g/mol. The lowest BCUT2D eigenvalue weighted by Gasteiger charge is -2.38. The summed E-state index contributed by atoms with van der Waals surface area (Å²) < 4.78 is 55.8. The number of carbonyl (C=O) groups is 1. The van der Waals surface area contributed by atoms with E-state index in [9.17, 15) is 19.2 Å². The molecule has 0 aliphatic carbocycles. The Morgan fingerprint density at radius 1 is 0.846 bits per heavy atom. The van der Waals surface area contributed by atoms with Gasteiger partial charge in [0.1, 0.15) is 42.4 Å². The molecule has 20 heteroatoms. The highest BCUT2D eigenvalue weighted by molar-refractivity contribution is 7.99. The lowest BCUT2D eigenvalue weighted by molar-refractivity contribution is -0.102. The summed E-state index contributed by atoms with van der Waals surface area (Å²) in [5, 5.41) is 0. The van der Waals surface area contributed by atoms with Gasteiger partial charge in [-0.3, -0.25) is 23.7 Å². The molecule has 404 valence electrons. The number of fused-ring (bicyclic) bond motifs is 1. The number of ether oxygens (including phenoxy) is 8. The summed E-state index contributed by atoms with van der Waals surface area (Å²) in [5.74, 6) is 0.294. The summed E-state index contributed by atoms with van der Waals surface area (Å²) in [6, 6.07) is 43.4. The number of aryl methyl sites for hydroxylation is 1. The molecule has 10 rings (SSSR count). The van der Waals surface area contributed by atoms with Crippen molar-refractivity contribution in [3.63, 3.8) is 0 Å². The molecule has 2 aliphatic heterocycles. The number of rotatable bonds is 21. The molecule has 2 aliphatic rings. The Morgan fingerprint density at radius 3 is 2.21 bits per heavy atom. The fourth-order valence-electron chi connectivity index (χ4n) is 10.2. The first kappa shape index (κ1) is 53.5. The van der Waals surface area contributed by atoms with Gasteiger partial charge in [-0.05, 0) is 41.8 Å². The number of nitrogens with zero attached hydrogens (tertiary/aromatic N) is 5. The minimum Gasteiger partial charge on any atom is -0.493 e. The van der Waals surface area contributed by atoms with Crippen LogP contribution in [-0.4, -0.2) is 91.6 Å². The fourth-order valence-corrected chi connectivity index (χ4v) is 11.2. The molecule has 78 heavy (non-hydrogen) atoms. The number of hydrogen-bond acceptors (Lipinski definition) is 16. The lowest BCUT2D eigenvalue weighted by atomic mass is 9.79. The number of benzene rings is 5. The van der Waals surface area contributed by atoms with Gasteiger partial charge in [-0.25, -0.2) is 19.1 Å². The van der Waals surface area contributed by atoms with E-state index in [1.54, 1.807) is 56.0 Å². The van der Waals surface area contributed by atoms with E-state index >= 15 is 0 Å². The Labute approximate surface area is 452 Å². The van der Waals surface area contributed by atoms with Gasteiger partial charge < -0.3 is 43.6 Å². The van der Waals surface area contributed by atoms with Gasteiger partial charge >= 0.3 is 11.7 Å². The molecule has 2 saturated heterocycles. The van der Waals surface area contributed by atoms with Crippen molar-refractivity contribution in [2.24, 2.45) is 5.92 Å². The van der Waals surface area contributed by atoms with Gasteiger partial charge in [-0.15, -0.1) is 11.8 Å². The fraction of sp³-hybridized carbons (Fsp3) is 0.310. The zero-order valence-corrected chi connectivity index (χ0v) is 44.2. The SMILES string of the molecule is COc1cccc(C(OC[C@H]2O[C@@H](n3cnc4c(=O)[nH]c(N)nc43)[C@H](C)[C@@H]2OCCSC2OC(n3cc(C)c(=O)n(COCc4ccccc4)c3=O)CC2OC(=O)c2ccccc2)(c2ccccc2)c2ccccc2)c1OC. The van der Waals surface area contributed by atoms with Crippen LogP contribution in [0.3, 0.4) is 0 Å². The third-order valence-electron chi connectivity index (χ3n) is 14.0. The van der Waals surface area contributed by atoms with Crippen LogP contribution in [0.5, 0.6) is 11.5 Å². The average Bonchev–Trinajstić information content (AvgIpc) is 4.26. The number of methoxy groups -OCH3 is 2. The van der Waals surface area contributed by atoms with Crippen LogP contribution in [0.1, 0.15) is 64.0 Å². The van der Waals surface area contributed by atoms with Crippen molar-refractivity contribution in [1.29, 1.82) is 0 Å². The predicted octanol–water partition coefficient (Wildman–Crippen LogP) is 7.36. The van der Waals surface area contributed by atoms with Crippen molar-refractivity contribution in [2.75, 3.05) is 38.9 Å². The molecular formula is C58H59N7O12S. The van der Waals surface area contributed by atoms with Crippen molar-refractivity contribution < 1.29 is 42.7 Å². The number of imidazole rings is 1. The van der Waals surface area contributed by atoms with Gasteiger partial charge in [0, 0.05) is 35.4 Å². The Bertz CT molecular complexity index is 3490. The van der Waals surface area contributed by atoms with E-state index in [-0.39, 0.29) is 50.1 Å². The molecule has 3 N–H and O–H groups in total. The van der Waals surface area contributed by atoms with Crippen LogP contribution in [-0.2, 0) is 47.4 Å². The second-order valence-corrected chi connectivity index (χ2v) is 20.1. The molecule has 2 fully saturated rings. The minimum atomic E-state index is -1.29. The largest absolute Gasteiger partial charge is 0.493 e. The van der Waals surface area contributed by atoms with Crippen molar-refractivity contribution >= 4 is 34.8 Å². The van der Waals surface area contributed by atoms with Crippen LogP contribution in [0.4, 0.5) is 5.95 Å². The van der Waals surface area contributed by atoms with Crippen molar-refractivity contribution in [1.82, 2.24) is 28.7 Å². The van der Waals surface area contributed by atoms with Gasteiger partial charge in [0.05, 0.1) is 52.0 Å². The number of nitrogen functional groups attached to an aromatic ring is 1. The maximum absolute atomic E-state index is 14.1. The van der Waals surface area contributed by atoms with E-state index < -0.39 is 70.5 Å². The van der Waals surface area contributed by atoms with Crippen LogP contribution < -0.4 is 32.0 Å². The molecule has 0 amide bonds. The Hall–Kier alpha value is -7.85. The third kappa shape index (κ3) is 10.9. The van der Waals surface area contributed by atoms with Crippen LogP contribution in [0.25, 0.3) is 11.2 Å². The number of aromatic nitrogens is 6. The molecule has 3 aromatic heterocycles. The number of nitrogens with one attached hydrogen (secondary N) is 1. The summed E-state index contributed by atoms with van der Waals surface area (Å²) in [4.78, 5) is 65.4. The van der Waals surface area contributed by atoms with E-state index in [1.807, 2.05) is 116 Å². The van der Waals surface area contributed by atoms with E-state index in [0.29, 0.717) is 33.9 Å². The van der Waals surface area contributed by atoms with Crippen LogP contribution in [0.2, 0.25) is 0 Å². The highest BCUT2D eigenvalue weighted by atomic mass is 32.2. The smallest absolute Gasteiger partial charge is 0.338 e. The molecule has 7 atom stereocenters. The number of hydrogen-bond donors (Lipinski definition) is 2.